The van der Waals surface area contributed by atoms with Crippen molar-refractivity contribution in [1.29, 1.82) is 0 Å². The number of nitrogens with zero attached hydrogens (tertiary/aromatic N) is 4. The third-order valence-electron chi connectivity index (χ3n) is 4.09. The van der Waals surface area contributed by atoms with Gasteiger partial charge in [0.2, 0.25) is 11.7 Å². The number of hydrogen-bond acceptors (Lipinski definition) is 6. The monoisotopic (exact) mass is 373 g/mol. The van der Waals surface area contributed by atoms with Gasteiger partial charge in [0.25, 0.3) is 0 Å². The van der Waals surface area contributed by atoms with Crippen molar-refractivity contribution in [2.45, 2.75) is 57.0 Å². The largest absolute Gasteiger partial charge is 0.343 e. The normalized spacial score (nSPS) is 11.4. The van der Waals surface area contributed by atoms with Gasteiger partial charge >= 0.3 is 5.69 Å². The van der Waals surface area contributed by atoms with Crippen molar-refractivity contribution in [3.05, 3.63) is 46.2 Å². The molecule has 3 aromatic rings. The minimum atomic E-state index is -0.183. The second kappa shape index (κ2) is 8.35. The molecule has 3 rings (SSSR count). The van der Waals surface area contributed by atoms with E-state index in [0.29, 0.717) is 35.1 Å². The molecule has 8 heteroatoms. The standard InChI is InChI=1S/C18H23N5O2S/c1-4-5-10-23-17(24)20-21-18(23)26-11-15-19-16(22-25-15)14-8-6-13(7-9-14)12(2)3/h6-9,12H,4-5,10-11H2,1-3H3,(H,20,24). The second-order valence-corrected chi connectivity index (χ2v) is 7.34. The van der Waals surface area contributed by atoms with Gasteiger partial charge in [0.05, 0.1) is 5.75 Å². The highest BCUT2D eigenvalue weighted by molar-refractivity contribution is 7.98. The van der Waals surface area contributed by atoms with Crippen LogP contribution < -0.4 is 5.69 Å². The molecule has 1 N–H and O–H groups in total. The van der Waals surface area contributed by atoms with Gasteiger partial charge in [-0.05, 0) is 17.9 Å². The van der Waals surface area contributed by atoms with Crippen LogP contribution in [-0.4, -0.2) is 24.9 Å². The maximum absolute atomic E-state index is 11.8. The number of rotatable bonds is 8. The summed E-state index contributed by atoms with van der Waals surface area (Å²) in [7, 11) is 0. The zero-order valence-corrected chi connectivity index (χ0v) is 16.0. The number of thioether (sulfide) groups is 1. The quantitative estimate of drug-likeness (QED) is 0.604. The molecule has 0 spiro atoms. The van der Waals surface area contributed by atoms with E-state index in [1.54, 1.807) is 4.57 Å². The third kappa shape index (κ3) is 4.24. The molecule has 0 aliphatic heterocycles. The van der Waals surface area contributed by atoms with Gasteiger partial charge < -0.3 is 4.52 Å². The highest BCUT2D eigenvalue weighted by Gasteiger charge is 2.13. The average molecular weight is 373 g/mol. The zero-order chi connectivity index (χ0) is 18.5. The van der Waals surface area contributed by atoms with Gasteiger partial charge in [-0.25, -0.2) is 9.89 Å². The third-order valence-corrected chi connectivity index (χ3v) is 5.05. The number of unbranched alkanes of at least 4 members (excludes halogenated alkanes) is 1. The van der Waals surface area contributed by atoms with Crippen LogP contribution in [0, 0.1) is 0 Å². The zero-order valence-electron chi connectivity index (χ0n) is 15.2. The number of aromatic nitrogens is 5. The van der Waals surface area contributed by atoms with E-state index < -0.39 is 0 Å². The minimum Gasteiger partial charge on any atom is -0.338 e. The lowest BCUT2D eigenvalue weighted by molar-refractivity contribution is 0.391. The average Bonchev–Trinajstić information content (AvgIpc) is 3.25. The number of benzene rings is 1. The first kappa shape index (κ1) is 18.4. The molecule has 0 amide bonds. The predicted molar refractivity (Wildman–Crippen MR) is 101 cm³/mol. The molecule has 138 valence electrons. The summed E-state index contributed by atoms with van der Waals surface area (Å²) in [6.45, 7) is 7.07. The van der Waals surface area contributed by atoms with E-state index in [1.807, 2.05) is 12.1 Å². The van der Waals surface area contributed by atoms with Crippen LogP contribution in [0.25, 0.3) is 11.4 Å². The van der Waals surface area contributed by atoms with Crippen molar-refractivity contribution in [2.75, 3.05) is 0 Å². The second-order valence-electron chi connectivity index (χ2n) is 6.39. The van der Waals surface area contributed by atoms with E-state index in [-0.39, 0.29) is 5.69 Å². The van der Waals surface area contributed by atoms with Gasteiger partial charge in [0, 0.05) is 12.1 Å². The fourth-order valence-corrected chi connectivity index (χ4v) is 3.31. The Kier molecular flexibility index (Phi) is 5.92. The van der Waals surface area contributed by atoms with Crippen LogP contribution in [0.4, 0.5) is 0 Å². The summed E-state index contributed by atoms with van der Waals surface area (Å²) in [6.07, 6.45) is 1.95. The molecule has 7 nitrogen and oxygen atoms in total. The summed E-state index contributed by atoms with van der Waals surface area (Å²) < 4.78 is 6.99. The Balaban J connectivity index is 1.67. The molecule has 0 aliphatic rings. The van der Waals surface area contributed by atoms with Crippen LogP contribution in [0.15, 0.2) is 38.7 Å². The fourth-order valence-electron chi connectivity index (χ4n) is 2.50. The molecule has 0 saturated heterocycles. The van der Waals surface area contributed by atoms with Crippen LogP contribution in [-0.2, 0) is 12.3 Å². The first-order chi connectivity index (χ1) is 12.6. The molecule has 0 radical (unpaired) electrons. The van der Waals surface area contributed by atoms with E-state index >= 15 is 0 Å². The van der Waals surface area contributed by atoms with E-state index in [0.717, 1.165) is 18.4 Å². The van der Waals surface area contributed by atoms with Gasteiger partial charge in [0.15, 0.2) is 5.16 Å². The molecule has 0 bridgehead atoms. The number of aromatic amines is 1. The number of H-pyrrole nitrogens is 1. The minimum absolute atomic E-state index is 0.183. The Labute approximate surface area is 156 Å². The van der Waals surface area contributed by atoms with E-state index in [4.69, 9.17) is 4.52 Å². The molecular weight excluding hydrogens is 350 g/mol. The number of nitrogens with one attached hydrogen (secondary N) is 1. The molecule has 26 heavy (non-hydrogen) atoms. The van der Waals surface area contributed by atoms with Crippen molar-refractivity contribution in [2.24, 2.45) is 0 Å². The van der Waals surface area contributed by atoms with Crippen LogP contribution in [0.2, 0.25) is 0 Å². The smallest absolute Gasteiger partial charge is 0.338 e. The van der Waals surface area contributed by atoms with Crippen LogP contribution in [0.3, 0.4) is 0 Å². The molecule has 0 unspecified atom stereocenters. The SMILES string of the molecule is CCCCn1c(SCc2nc(-c3ccc(C(C)C)cc3)no2)n[nH]c1=O. The van der Waals surface area contributed by atoms with Crippen molar-refractivity contribution in [3.8, 4) is 11.4 Å². The van der Waals surface area contributed by atoms with Crippen molar-refractivity contribution in [3.63, 3.8) is 0 Å². The van der Waals surface area contributed by atoms with Gasteiger partial charge in [-0.3, -0.25) is 4.57 Å². The van der Waals surface area contributed by atoms with Gasteiger partial charge in [-0.2, -0.15) is 4.98 Å². The summed E-state index contributed by atoms with van der Waals surface area (Å²) in [5.74, 6) is 2.03. The van der Waals surface area contributed by atoms with Crippen LogP contribution in [0.5, 0.6) is 0 Å². The Morgan fingerprint density at radius 2 is 2.04 bits per heavy atom. The highest BCUT2D eigenvalue weighted by Crippen LogP contribution is 2.23. The molecular formula is C18H23N5O2S. The molecule has 0 saturated carbocycles. The van der Waals surface area contributed by atoms with E-state index in [9.17, 15) is 4.79 Å². The summed E-state index contributed by atoms with van der Waals surface area (Å²) in [6, 6.07) is 8.18. The molecule has 1 aromatic carbocycles. The topological polar surface area (TPSA) is 89.6 Å². The van der Waals surface area contributed by atoms with Gasteiger partial charge in [0.1, 0.15) is 0 Å². The Hall–Kier alpha value is -2.35. The fraction of sp³-hybridized carbons (Fsp3) is 0.444. The molecule has 0 aliphatic carbocycles. The van der Waals surface area contributed by atoms with Crippen LogP contribution in [0.1, 0.15) is 51.0 Å². The first-order valence-corrected chi connectivity index (χ1v) is 9.78. The number of hydrogen-bond donors (Lipinski definition) is 1. The first-order valence-electron chi connectivity index (χ1n) is 8.79. The van der Waals surface area contributed by atoms with Gasteiger partial charge in [-0.15, -0.1) is 5.10 Å². The highest BCUT2D eigenvalue weighted by atomic mass is 32.2. The van der Waals surface area contributed by atoms with E-state index in [2.05, 4.69) is 53.2 Å². The summed E-state index contributed by atoms with van der Waals surface area (Å²) in [4.78, 5) is 16.2. The maximum atomic E-state index is 11.8. The lowest BCUT2D eigenvalue weighted by Gasteiger charge is -2.04. The Morgan fingerprint density at radius 1 is 1.27 bits per heavy atom. The molecule has 2 heterocycles. The van der Waals surface area contributed by atoms with E-state index in [1.165, 1.54) is 17.3 Å². The Morgan fingerprint density at radius 3 is 2.73 bits per heavy atom. The molecule has 0 atom stereocenters. The lowest BCUT2D eigenvalue weighted by atomic mass is 10.0. The summed E-state index contributed by atoms with van der Waals surface area (Å²) in [5.41, 5.74) is 2.02. The van der Waals surface area contributed by atoms with Crippen molar-refractivity contribution in [1.82, 2.24) is 24.9 Å². The molecule has 2 aromatic heterocycles. The lowest BCUT2D eigenvalue weighted by Crippen LogP contribution is -2.17. The van der Waals surface area contributed by atoms with Crippen molar-refractivity contribution >= 4 is 11.8 Å². The summed E-state index contributed by atoms with van der Waals surface area (Å²) >= 11 is 1.41. The molecule has 0 fully saturated rings. The predicted octanol–water partition coefficient (Wildman–Crippen LogP) is 3.84. The van der Waals surface area contributed by atoms with Gasteiger partial charge in [-0.1, -0.05) is 68.4 Å². The maximum Gasteiger partial charge on any atom is 0.343 e. The Bertz CT molecular complexity index is 895. The van der Waals surface area contributed by atoms with Crippen LogP contribution >= 0.6 is 11.8 Å². The summed E-state index contributed by atoms with van der Waals surface area (Å²) in [5, 5.41) is 11.3. The van der Waals surface area contributed by atoms with Crippen molar-refractivity contribution < 1.29 is 4.52 Å².